The molecule has 0 aliphatic heterocycles. The molecular weight excluding hydrogens is 1140 g/mol. The van der Waals surface area contributed by atoms with Crippen molar-refractivity contribution < 1.29 is 19.8 Å². The van der Waals surface area contributed by atoms with E-state index in [0.717, 1.165) is 90.4 Å². The average Bonchev–Trinajstić information content (AvgIpc) is 3.59. The van der Waals surface area contributed by atoms with Crippen molar-refractivity contribution >= 4 is 49.7 Å². The summed E-state index contributed by atoms with van der Waals surface area (Å²) in [6.45, 7) is 17.2. The predicted octanol–water partition coefficient (Wildman–Crippen LogP) is 25.9. The minimum atomic E-state index is -0.851. The van der Waals surface area contributed by atoms with Crippen molar-refractivity contribution in [2.24, 2.45) is 0 Å². The molecule has 91 heavy (non-hydrogen) atoms. The second kappa shape index (κ2) is 84.3. The molecule has 0 saturated carbocycles. The number of aliphatic carboxylic acids is 2. The Balaban J connectivity index is -0.00000168. The van der Waals surface area contributed by atoms with Crippen molar-refractivity contribution in [2.75, 3.05) is 26.2 Å². The quantitative estimate of drug-likeness (QED) is 0.0445. The summed E-state index contributed by atoms with van der Waals surface area (Å²) in [5, 5.41) is 24.1. The van der Waals surface area contributed by atoms with Crippen LogP contribution in [0, 0.1) is 0 Å². The van der Waals surface area contributed by atoms with Crippen molar-refractivity contribution in [2.45, 2.75) is 503 Å². The molecule has 6 nitrogen and oxygen atoms in total. The van der Waals surface area contributed by atoms with E-state index in [1.165, 1.54) is 385 Å². The minimum absolute atomic E-state index is 0. The van der Waals surface area contributed by atoms with E-state index in [1.807, 2.05) is 0 Å². The van der Waals surface area contributed by atoms with Gasteiger partial charge in [-0.05, 0) is 64.7 Å². The first-order valence-corrected chi connectivity index (χ1v) is 42.2. The molecule has 0 aromatic rings. The maximum Gasteiger partial charge on any atom is 2.00 e. The van der Waals surface area contributed by atoms with Crippen molar-refractivity contribution in [3.8, 4) is 0 Å². The van der Waals surface area contributed by atoms with Crippen LogP contribution in [0.5, 0.6) is 0 Å². The molecule has 7 heteroatoms. The average molecular weight is 1310 g/mol. The molecule has 0 fully saturated rings. The van der Waals surface area contributed by atoms with Gasteiger partial charge in [-0.1, -0.05) is 452 Å². The monoisotopic (exact) mass is 1310 g/mol. The first kappa shape index (κ1) is 95.3. The summed E-state index contributed by atoms with van der Waals surface area (Å²) < 4.78 is 0. The van der Waals surface area contributed by atoms with Crippen LogP contribution in [-0.4, -0.2) is 97.7 Å². The van der Waals surface area contributed by atoms with E-state index in [4.69, 9.17) is 0 Å². The SMILES string of the molecule is CCCCCCCCCCCCCCCCCCN(CCCCCCCCCCCCCCCCCC)C(CCCC)C(=O)[O-].CCCCCCCCCCCCCCCCCCN(CCCCCCCCCCCCCCCCCC)C(CCCC)C(=O)[O-].[Ca+2]. The molecule has 0 saturated heterocycles. The molecule has 2 atom stereocenters. The van der Waals surface area contributed by atoms with E-state index >= 15 is 0 Å². The molecule has 0 N–H and O–H groups in total. The Morgan fingerprint density at radius 2 is 0.308 bits per heavy atom. The van der Waals surface area contributed by atoms with Crippen LogP contribution >= 0.6 is 0 Å². The molecular formula is C84H168CaN2O4. The molecule has 0 radical (unpaired) electrons. The molecule has 0 bridgehead atoms. The molecule has 0 aromatic carbocycles. The maximum atomic E-state index is 12.0. The van der Waals surface area contributed by atoms with Gasteiger partial charge in [0.2, 0.25) is 0 Å². The number of nitrogens with zero attached hydrogens (tertiary/aromatic N) is 2. The van der Waals surface area contributed by atoms with E-state index in [-0.39, 0.29) is 37.7 Å². The fourth-order valence-corrected chi connectivity index (χ4v) is 14.0. The fraction of sp³-hybridized carbons (Fsp3) is 0.976. The van der Waals surface area contributed by atoms with Gasteiger partial charge in [0.15, 0.2) is 0 Å². The van der Waals surface area contributed by atoms with Crippen LogP contribution in [0.4, 0.5) is 0 Å². The fourth-order valence-electron chi connectivity index (χ4n) is 14.0. The van der Waals surface area contributed by atoms with Crippen LogP contribution in [0.15, 0.2) is 0 Å². The number of carbonyl (C=O) groups excluding carboxylic acids is 2. The normalized spacial score (nSPS) is 12.2. The number of carboxylic acids is 2. The van der Waals surface area contributed by atoms with Gasteiger partial charge in [-0.2, -0.15) is 0 Å². The third kappa shape index (κ3) is 75.7. The summed E-state index contributed by atoms with van der Waals surface area (Å²) in [5.41, 5.74) is 0. The Morgan fingerprint density at radius 1 is 0.198 bits per heavy atom. The first-order chi connectivity index (χ1) is 44.3. The summed E-state index contributed by atoms with van der Waals surface area (Å²) in [6, 6.07) is -0.782. The summed E-state index contributed by atoms with van der Waals surface area (Å²) in [5.74, 6) is -1.70. The van der Waals surface area contributed by atoms with Crippen LogP contribution in [-0.2, 0) is 9.59 Å². The number of hydrogen-bond acceptors (Lipinski definition) is 6. The predicted molar refractivity (Wildman–Crippen MR) is 404 cm³/mol. The van der Waals surface area contributed by atoms with Crippen molar-refractivity contribution in [3.63, 3.8) is 0 Å². The Hall–Kier alpha value is 0.120. The smallest absolute Gasteiger partial charge is 0.548 e. The Morgan fingerprint density at radius 3 is 0.418 bits per heavy atom. The number of rotatable bonds is 78. The van der Waals surface area contributed by atoms with Gasteiger partial charge in [-0.15, -0.1) is 0 Å². The van der Waals surface area contributed by atoms with Crippen LogP contribution in [0.3, 0.4) is 0 Å². The van der Waals surface area contributed by atoms with Gasteiger partial charge >= 0.3 is 37.7 Å². The molecule has 0 aromatic heterocycles. The van der Waals surface area contributed by atoms with E-state index < -0.39 is 24.0 Å². The molecule has 0 rings (SSSR count). The van der Waals surface area contributed by atoms with Crippen LogP contribution in [0.25, 0.3) is 0 Å². The number of hydrogen-bond donors (Lipinski definition) is 0. The van der Waals surface area contributed by atoms with E-state index in [0.29, 0.717) is 0 Å². The van der Waals surface area contributed by atoms with Gasteiger partial charge in [0.05, 0.1) is 11.9 Å². The standard InChI is InChI=1S/2C42H85NO2.Ca/c2*1-4-7-10-12-14-16-18-20-22-24-26-28-30-32-34-36-39-43(41(42(44)45)38-9-6-3)40-37-35-33-31-29-27-25-23-21-19-17-15-13-11-8-5-2;/h2*41H,4-40H2,1-3H3,(H,44,45);/q;;+2/p-2. The Kier molecular flexibility index (Phi) is 88.3. The van der Waals surface area contributed by atoms with E-state index in [9.17, 15) is 19.8 Å². The summed E-state index contributed by atoms with van der Waals surface area (Å²) in [7, 11) is 0. The van der Waals surface area contributed by atoms with E-state index in [1.54, 1.807) is 0 Å². The Labute approximate surface area is 604 Å². The number of carboxylic acid groups (broad SMARTS) is 2. The third-order valence-electron chi connectivity index (χ3n) is 20.3. The van der Waals surface area contributed by atoms with Crippen molar-refractivity contribution in [1.82, 2.24) is 9.80 Å². The molecule has 0 heterocycles. The molecule has 540 valence electrons. The molecule has 0 amide bonds. The number of carbonyl (C=O) groups is 2. The molecule has 0 aliphatic carbocycles. The van der Waals surface area contributed by atoms with Crippen LogP contribution in [0.2, 0.25) is 0 Å². The van der Waals surface area contributed by atoms with Crippen LogP contribution < -0.4 is 10.2 Å². The van der Waals surface area contributed by atoms with Gasteiger partial charge in [-0.25, -0.2) is 0 Å². The first-order valence-electron chi connectivity index (χ1n) is 42.2. The maximum absolute atomic E-state index is 12.0. The minimum Gasteiger partial charge on any atom is -0.548 e. The zero-order valence-electron chi connectivity index (χ0n) is 63.7. The van der Waals surface area contributed by atoms with Crippen LogP contribution in [0.1, 0.15) is 491 Å². The topological polar surface area (TPSA) is 86.7 Å². The largest absolute Gasteiger partial charge is 2.00 e. The van der Waals surface area contributed by atoms with Gasteiger partial charge in [0, 0.05) is 12.1 Å². The summed E-state index contributed by atoms with van der Waals surface area (Å²) in [6.07, 6.45) is 93.6. The summed E-state index contributed by atoms with van der Waals surface area (Å²) >= 11 is 0. The molecule has 0 aliphatic rings. The molecule has 2 unspecified atom stereocenters. The Bertz CT molecular complexity index is 1160. The van der Waals surface area contributed by atoms with E-state index in [2.05, 4.69) is 51.3 Å². The molecule has 0 spiro atoms. The zero-order valence-corrected chi connectivity index (χ0v) is 65.9. The van der Waals surface area contributed by atoms with Gasteiger partial charge in [0.1, 0.15) is 0 Å². The van der Waals surface area contributed by atoms with Gasteiger partial charge < -0.3 is 19.8 Å². The number of unbranched alkanes of at least 4 members (excludes halogenated alkanes) is 62. The van der Waals surface area contributed by atoms with Gasteiger partial charge in [-0.3, -0.25) is 9.80 Å². The van der Waals surface area contributed by atoms with Crippen molar-refractivity contribution in [1.29, 1.82) is 0 Å². The van der Waals surface area contributed by atoms with Crippen molar-refractivity contribution in [3.05, 3.63) is 0 Å². The second-order valence-electron chi connectivity index (χ2n) is 29.2. The van der Waals surface area contributed by atoms with Gasteiger partial charge in [0.25, 0.3) is 0 Å². The third-order valence-corrected chi connectivity index (χ3v) is 20.3. The second-order valence-corrected chi connectivity index (χ2v) is 29.2. The zero-order chi connectivity index (χ0) is 65.8. The summed E-state index contributed by atoms with van der Waals surface area (Å²) in [4.78, 5) is 28.6.